The van der Waals surface area contributed by atoms with Gasteiger partial charge in [-0.15, -0.1) is 0 Å². The van der Waals surface area contributed by atoms with E-state index in [0.717, 1.165) is 162 Å². The molecule has 9 heterocycles. The molecule has 0 atom stereocenters. The van der Waals surface area contributed by atoms with E-state index in [-0.39, 0.29) is 0 Å². The summed E-state index contributed by atoms with van der Waals surface area (Å²) in [6, 6.07) is 156. The van der Waals surface area contributed by atoms with Crippen molar-refractivity contribution < 1.29 is 0 Å². The Morgan fingerprint density at radius 3 is 0.775 bits per heavy atom. The van der Waals surface area contributed by atoms with E-state index in [4.69, 9.17) is 29.9 Å². The topological polar surface area (TPSA) is 110 Å². The number of rotatable bonds is 9. The lowest BCUT2D eigenvalue weighted by Gasteiger charge is -2.12. The molecule has 9 aromatic heterocycles. The molecule has 28 rings (SSSR count). The zero-order valence-electron chi connectivity index (χ0n) is 69.5. The summed E-state index contributed by atoms with van der Waals surface area (Å²) in [6.45, 7) is 0. The maximum Gasteiger partial charge on any atom is 0.223 e. The number of imidazole rings is 7. The molecule has 0 aliphatic carbocycles. The van der Waals surface area contributed by atoms with Crippen molar-refractivity contribution in [2.75, 3.05) is 0 Å². The van der Waals surface area contributed by atoms with Gasteiger partial charge in [-0.1, -0.05) is 322 Å². The highest BCUT2D eigenvalue weighted by atomic mass is 15.3. The normalized spacial score (nSPS) is 11.9. The third-order valence-corrected chi connectivity index (χ3v) is 25.7. The standard InChI is InChI=1S/C42H26N4.C38H25N5.C36H22N4/c1-2-10-27(11-3-1)28-18-20-29(21-19-28)30-22-24-38-39(26-30)45-37-17-9-8-16-36(37)43-42(45)46(38)40-25-23-35-33-14-5-4-12-31(33)32-13-6-7-15-34(32)41(35)44-40;1-3-11-26(12-4-1)27-19-21-28(22-20-27)29-23-24-35-36(25-29)42-34-18-10-8-16-32(34)40-38(42)43(35)37-39-31-15-7-9-17-33(31)41(37)30-13-5-2-6-14-30;1-2-10-23(11-3-1)24-18-20-32-33(22-24)39-31-17-9-8-16-30(31)37-36(39)40(32)34-21-19-29-27-14-5-4-12-25(27)26-13-6-7-15-28(26)35(29)38-34/h1-26H;1-25H;1-22H. The summed E-state index contributed by atoms with van der Waals surface area (Å²) in [7, 11) is 0. The fraction of sp³-hybridized carbons (Fsp3) is 0. The molecule has 129 heavy (non-hydrogen) atoms. The van der Waals surface area contributed by atoms with Crippen LogP contribution in [-0.2, 0) is 0 Å². The first-order valence-corrected chi connectivity index (χ1v) is 43.6. The van der Waals surface area contributed by atoms with Gasteiger partial charge in [-0.05, 0) is 209 Å². The highest BCUT2D eigenvalue weighted by Gasteiger charge is 2.27. The lowest BCUT2D eigenvalue weighted by molar-refractivity contribution is 0.938. The van der Waals surface area contributed by atoms with E-state index in [9.17, 15) is 0 Å². The minimum Gasteiger partial charge on any atom is -0.278 e. The Bertz CT molecular complexity index is 9290. The highest BCUT2D eigenvalue weighted by molar-refractivity contribution is 6.26. The molecule has 13 heteroatoms. The van der Waals surface area contributed by atoms with Gasteiger partial charge in [0.1, 0.15) is 11.6 Å². The maximum atomic E-state index is 5.40. The highest BCUT2D eigenvalue weighted by Crippen LogP contribution is 2.43. The molecular weight excluding hydrogens is 1580 g/mol. The van der Waals surface area contributed by atoms with Crippen LogP contribution in [0.5, 0.6) is 0 Å². The van der Waals surface area contributed by atoms with Gasteiger partial charge in [0, 0.05) is 27.2 Å². The Morgan fingerprint density at radius 1 is 0.147 bits per heavy atom. The minimum atomic E-state index is 0.808. The van der Waals surface area contributed by atoms with Gasteiger partial charge >= 0.3 is 0 Å². The van der Waals surface area contributed by atoms with Crippen molar-refractivity contribution in [3.05, 3.63) is 443 Å². The van der Waals surface area contributed by atoms with E-state index in [2.05, 4.69) is 444 Å². The molecule has 0 unspecified atom stereocenters. The predicted molar refractivity (Wildman–Crippen MR) is 531 cm³/mol. The summed E-state index contributed by atoms with van der Waals surface area (Å²) in [5.74, 6) is 5.06. The quantitative estimate of drug-likeness (QED) is 0.133. The predicted octanol–water partition coefficient (Wildman–Crippen LogP) is 28.7. The third kappa shape index (κ3) is 11.8. The van der Waals surface area contributed by atoms with Gasteiger partial charge in [-0.3, -0.25) is 26.9 Å². The van der Waals surface area contributed by atoms with Crippen LogP contribution in [0.4, 0.5) is 0 Å². The molecule has 0 spiro atoms. The molecule has 19 aromatic carbocycles. The lowest BCUT2D eigenvalue weighted by Crippen LogP contribution is -2.06. The number of hydrogen-bond donors (Lipinski definition) is 0. The van der Waals surface area contributed by atoms with Crippen molar-refractivity contribution >= 4 is 159 Å². The molecule has 0 fully saturated rings. The Hall–Kier alpha value is -17.7. The molecule has 602 valence electrons. The van der Waals surface area contributed by atoms with E-state index in [1.54, 1.807) is 0 Å². The first kappa shape index (κ1) is 72.9. The van der Waals surface area contributed by atoms with Crippen LogP contribution in [0.3, 0.4) is 0 Å². The lowest BCUT2D eigenvalue weighted by atomic mass is 9.97. The Labute approximate surface area is 737 Å². The van der Waals surface area contributed by atoms with Crippen molar-refractivity contribution in [2.24, 2.45) is 0 Å². The SMILES string of the molecule is c1ccc(-c2ccc(-c3ccc4c(c3)n3c5ccccc5nc3n4-c3ccc4c5ccccc5c5ccccc5c4n3)cc2)cc1.c1ccc(-c2ccc(-c3ccc4c(c3)n3c5ccccc5nc3n4-c3nc4ccccc4n3-c3ccccc3)cc2)cc1.c1ccc(-c2ccc3c(c2)n2c4ccccc4nc2n3-c2ccc3c4ccccc4c4ccccc4c3n2)cc1. The van der Waals surface area contributed by atoms with Crippen LogP contribution in [0.15, 0.2) is 443 Å². The van der Waals surface area contributed by atoms with Crippen molar-refractivity contribution in [2.45, 2.75) is 0 Å². The second kappa shape index (κ2) is 29.5. The number of hydrogen-bond acceptors (Lipinski definition) is 6. The molecule has 0 saturated heterocycles. The van der Waals surface area contributed by atoms with Crippen molar-refractivity contribution in [3.8, 4) is 78.9 Å². The molecular formula is C116H73N13. The van der Waals surface area contributed by atoms with Crippen LogP contribution in [0.1, 0.15) is 0 Å². The summed E-state index contributed by atoms with van der Waals surface area (Å²) in [4.78, 5) is 31.4. The molecule has 0 radical (unpaired) electrons. The van der Waals surface area contributed by atoms with E-state index >= 15 is 0 Å². The van der Waals surface area contributed by atoms with Crippen LogP contribution in [0.25, 0.3) is 238 Å². The first-order chi connectivity index (χ1) is 64.0. The van der Waals surface area contributed by atoms with E-state index < -0.39 is 0 Å². The smallest absolute Gasteiger partial charge is 0.223 e. The Balaban J connectivity index is 0.000000102. The fourth-order valence-corrected chi connectivity index (χ4v) is 19.7. The van der Waals surface area contributed by atoms with Gasteiger partial charge in [-0.25, -0.2) is 34.5 Å². The molecule has 0 aliphatic rings. The summed E-state index contributed by atoms with van der Waals surface area (Å²) in [6.07, 6.45) is 0. The minimum absolute atomic E-state index is 0.808. The van der Waals surface area contributed by atoms with Gasteiger partial charge in [0.05, 0.1) is 88.3 Å². The van der Waals surface area contributed by atoms with Gasteiger partial charge < -0.3 is 0 Å². The van der Waals surface area contributed by atoms with Gasteiger partial charge in [0.15, 0.2) is 0 Å². The van der Waals surface area contributed by atoms with Gasteiger partial charge in [0.2, 0.25) is 23.3 Å². The van der Waals surface area contributed by atoms with Crippen molar-refractivity contribution in [3.63, 3.8) is 0 Å². The summed E-state index contributed by atoms with van der Waals surface area (Å²) in [5, 5.41) is 12.0. The average molecular weight is 1650 g/mol. The zero-order chi connectivity index (χ0) is 84.7. The monoisotopic (exact) mass is 1650 g/mol. The van der Waals surface area contributed by atoms with Crippen LogP contribution in [0.2, 0.25) is 0 Å². The number of pyridine rings is 2. The van der Waals surface area contributed by atoms with Crippen molar-refractivity contribution in [1.82, 2.24) is 61.4 Å². The maximum absolute atomic E-state index is 5.40. The Morgan fingerprint density at radius 2 is 0.403 bits per heavy atom. The molecule has 0 bridgehead atoms. The number of benzene rings is 19. The number of para-hydroxylation sites is 9. The molecule has 0 amide bonds. The molecule has 28 aromatic rings. The van der Waals surface area contributed by atoms with Crippen LogP contribution >= 0.6 is 0 Å². The Kier molecular flexibility index (Phi) is 16.7. The third-order valence-electron chi connectivity index (χ3n) is 25.7. The number of nitrogens with zero attached hydrogens (tertiary/aromatic N) is 13. The van der Waals surface area contributed by atoms with E-state index in [1.807, 2.05) is 30.3 Å². The number of aromatic nitrogens is 13. The second-order valence-electron chi connectivity index (χ2n) is 33.0. The molecule has 13 nitrogen and oxygen atoms in total. The van der Waals surface area contributed by atoms with Gasteiger partial charge in [-0.2, -0.15) is 0 Å². The number of fused-ring (bicyclic) bond motifs is 28. The van der Waals surface area contributed by atoms with Crippen LogP contribution < -0.4 is 0 Å². The summed E-state index contributed by atoms with van der Waals surface area (Å²) < 4.78 is 15.6. The molecule has 0 saturated carbocycles. The molecule has 0 aliphatic heterocycles. The largest absolute Gasteiger partial charge is 0.278 e. The zero-order valence-corrected chi connectivity index (χ0v) is 69.5. The summed E-state index contributed by atoms with van der Waals surface area (Å²) >= 11 is 0. The second-order valence-corrected chi connectivity index (χ2v) is 33.0. The summed E-state index contributed by atoms with van der Waals surface area (Å²) in [5.41, 5.74) is 29.5. The van der Waals surface area contributed by atoms with Gasteiger partial charge in [0.25, 0.3) is 0 Å². The van der Waals surface area contributed by atoms with E-state index in [1.165, 1.54) is 76.8 Å². The fourth-order valence-electron chi connectivity index (χ4n) is 19.7. The first-order valence-electron chi connectivity index (χ1n) is 43.6. The van der Waals surface area contributed by atoms with E-state index in [0.29, 0.717) is 0 Å². The molecule has 0 N–H and O–H groups in total. The van der Waals surface area contributed by atoms with Crippen LogP contribution in [-0.4, -0.2) is 61.4 Å². The average Bonchev–Trinajstić information content (AvgIpc) is 1.54. The van der Waals surface area contributed by atoms with Crippen LogP contribution in [0, 0.1) is 0 Å². The van der Waals surface area contributed by atoms with Crippen molar-refractivity contribution in [1.29, 1.82) is 0 Å².